The van der Waals surface area contributed by atoms with Gasteiger partial charge in [0.25, 0.3) is 5.91 Å². The average molecular weight is 463 g/mol. The molecule has 1 aromatic carbocycles. The summed E-state index contributed by atoms with van der Waals surface area (Å²) >= 11 is 6.32. The van der Waals surface area contributed by atoms with Crippen LogP contribution >= 0.6 is 11.6 Å². The van der Waals surface area contributed by atoms with Gasteiger partial charge in [0, 0.05) is 23.7 Å². The van der Waals surface area contributed by atoms with Crippen LogP contribution in [0.3, 0.4) is 0 Å². The molecule has 1 aliphatic carbocycles. The van der Waals surface area contributed by atoms with Gasteiger partial charge in [-0.3, -0.25) is 9.48 Å². The third kappa shape index (κ3) is 6.32. The molecule has 2 atom stereocenters. The number of nitrogens with two attached hydrogens (primary N) is 1. The van der Waals surface area contributed by atoms with Crippen LogP contribution in [0.4, 0.5) is 0 Å². The lowest BCUT2D eigenvalue weighted by molar-refractivity contribution is 0.0464. The van der Waals surface area contributed by atoms with Gasteiger partial charge < -0.3 is 21.3 Å². The molecular weight excluding hydrogens is 428 g/mol. The van der Waals surface area contributed by atoms with E-state index in [4.69, 9.17) is 17.3 Å². The first-order valence-corrected chi connectivity index (χ1v) is 11.8. The molecule has 0 bridgehead atoms. The first-order valence-electron chi connectivity index (χ1n) is 11.5. The number of carbonyl (C=O) groups is 1. The van der Waals surface area contributed by atoms with E-state index in [-0.39, 0.29) is 19.0 Å². The van der Waals surface area contributed by atoms with Crippen LogP contribution in [-0.4, -0.2) is 44.3 Å². The lowest BCUT2D eigenvalue weighted by Gasteiger charge is -2.25. The molecule has 7 nitrogen and oxygen atoms in total. The predicted octanol–water partition coefficient (Wildman–Crippen LogP) is 3.63. The highest BCUT2D eigenvalue weighted by molar-refractivity contribution is 6.34. The lowest BCUT2D eigenvalue weighted by atomic mass is 9.90. The Hall–Kier alpha value is -1.93. The van der Waals surface area contributed by atoms with Crippen molar-refractivity contribution in [2.75, 3.05) is 6.54 Å². The van der Waals surface area contributed by atoms with Gasteiger partial charge in [0.2, 0.25) is 0 Å². The largest absolute Gasteiger partial charge is 0.387 e. The van der Waals surface area contributed by atoms with Crippen molar-refractivity contribution in [3.63, 3.8) is 0 Å². The van der Waals surface area contributed by atoms with Crippen LogP contribution in [0.15, 0.2) is 24.3 Å². The molecule has 32 heavy (non-hydrogen) atoms. The Morgan fingerprint density at radius 2 is 1.94 bits per heavy atom. The summed E-state index contributed by atoms with van der Waals surface area (Å²) in [5.74, 6) is -0.330. The second kappa shape index (κ2) is 10.8. The first-order chi connectivity index (χ1) is 15.2. The van der Waals surface area contributed by atoms with Crippen molar-refractivity contribution in [2.24, 2.45) is 11.7 Å². The number of nitrogens with one attached hydrogen (secondary N) is 1. The SMILES string of the molecule is Cc1cc(-c2ccc(Cl)c(C(=O)NC(O)C3CCCCCCC3)c2)nn1CC(C)(O)CN. The molecule has 1 saturated carbocycles. The summed E-state index contributed by atoms with van der Waals surface area (Å²) in [5.41, 5.74) is 7.14. The second-order valence-electron chi connectivity index (χ2n) is 9.25. The topological polar surface area (TPSA) is 113 Å². The first kappa shape index (κ1) is 24.7. The van der Waals surface area contributed by atoms with Crippen LogP contribution in [0.1, 0.15) is 67.9 Å². The summed E-state index contributed by atoms with van der Waals surface area (Å²) in [6, 6.07) is 7.05. The zero-order valence-corrected chi connectivity index (χ0v) is 19.7. The lowest BCUT2D eigenvalue weighted by Crippen LogP contribution is -2.40. The molecule has 2 aromatic rings. The van der Waals surface area contributed by atoms with Gasteiger partial charge >= 0.3 is 0 Å². The number of hydrogen-bond donors (Lipinski definition) is 4. The summed E-state index contributed by atoms with van der Waals surface area (Å²) in [6.45, 7) is 3.96. The zero-order valence-electron chi connectivity index (χ0n) is 19.0. The highest BCUT2D eigenvalue weighted by atomic mass is 35.5. The third-order valence-electron chi connectivity index (χ3n) is 6.29. The molecule has 1 fully saturated rings. The quantitative estimate of drug-likeness (QED) is 0.469. The number of amides is 1. The highest BCUT2D eigenvalue weighted by Crippen LogP contribution is 2.27. The Bertz CT molecular complexity index is 920. The molecule has 0 aliphatic heterocycles. The maximum Gasteiger partial charge on any atom is 0.254 e. The van der Waals surface area contributed by atoms with Crippen LogP contribution in [0.5, 0.6) is 0 Å². The summed E-state index contributed by atoms with van der Waals surface area (Å²) < 4.78 is 1.70. The summed E-state index contributed by atoms with van der Waals surface area (Å²) in [5, 5.41) is 28.6. The fourth-order valence-electron chi connectivity index (χ4n) is 4.19. The molecule has 0 spiro atoms. The van der Waals surface area contributed by atoms with E-state index in [9.17, 15) is 15.0 Å². The van der Waals surface area contributed by atoms with Gasteiger partial charge in [0.1, 0.15) is 6.23 Å². The summed E-state index contributed by atoms with van der Waals surface area (Å²) in [4.78, 5) is 12.9. The number of aryl methyl sites for hydroxylation is 1. The van der Waals surface area contributed by atoms with E-state index in [2.05, 4.69) is 10.4 Å². The van der Waals surface area contributed by atoms with Crippen molar-refractivity contribution < 1.29 is 15.0 Å². The van der Waals surface area contributed by atoms with E-state index >= 15 is 0 Å². The fraction of sp³-hybridized carbons (Fsp3) is 0.583. The average Bonchev–Trinajstić information content (AvgIpc) is 3.07. The monoisotopic (exact) mass is 462 g/mol. The van der Waals surface area contributed by atoms with E-state index in [1.807, 2.05) is 13.0 Å². The second-order valence-corrected chi connectivity index (χ2v) is 9.65. The molecule has 2 unspecified atom stereocenters. The minimum absolute atomic E-state index is 0.0647. The zero-order chi connectivity index (χ0) is 23.3. The third-order valence-corrected chi connectivity index (χ3v) is 6.62. The van der Waals surface area contributed by atoms with Crippen molar-refractivity contribution in [1.29, 1.82) is 0 Å². The molecule has 1 aliphatic rings. The predicted molar refractivity (Wildman–Crippen MR) is 126 cm³/mol. The van der Waals surface area contributed by atoms with Crippen LogP contribution in [0.2, 0.25) is 5.02 Å². The summed E-state index contributed by atoms with van der Waals surface area (Å²) in [7, 11) is 0. The van der Waals surface area contributed by atoms with Gasteiger partial charge in [-0.2, -0.15) is 5.10 Å². The van der Waals surface area contributed by atoms with Crippen molar-refractivity contribution in [1.82, 2.24) is 15.1 Å². The number of nitrogens with zero attached hydrogens (tertiary/aromatic N) is 2. The Morgan fingerprint density at radius 3 is 2.59 bits per heavy atom. The number of aliphatic hydroxyl groups is 2. The number of rotatable bonds is 7. The van der Waals surface area contributed by atoms with E-state index < -0.39 is 17.7 Å². The number of carbonyl (C=O) groups excluding carboxylic acids is 1. The molecule has 0 radical (unpaired) electrons. The molecular formula is C24H35ClN4O3. The Labute approximate surface area is 195 Å². The van der Waals surface area contributed by atoms with E-state index in [1.54, 1.807) is 29.8 Å². The van der Waals surface area contributed by atoms with Gasteiger partial charge in [0.15, 0.2) is 0 Å². The van der Waals surface area contributed by atoms with Crippen LogP contribution in [0, 0.1) is 12.8 Å². The normalized spacial score (nSPS) is 18.4. The van der Waals surface area contributed by atoms with E-state index in [0.717, 1.165) is 36.9 Å². The van der Waals surface area contributed by atoms with Crippen LogP contribution in [0.25, 0.3) is 11.3 Å². The number of aromatic nitrogens is 2. The van der Waals surface area contributed by atoms with Gasteiger partial charge in [-0.15, -0.1) is 0 Å². The van der Waals surface area contributed by atoms with Crippen molar-refractivity contribution >= 4 is 17.5 Å². The minimum Gasteiger partial charge on any atom is -0.387 e. The molecule has 1 heterocycles. The van der Waals surface area contributed by atoms with Gasteiger partial charge in [0.05, 0.1) is 28.4 Å². The molecule has 5 N–H and O–H groups in total. The Balaban J connectivity index is 1.76. The highest BCUT2D eigenvalue weighted by Gasteiger charge is 2.24. The molecule has 3 rings (SSSR count). The molecule has 8 heteroatoms. The Kier molecular flexibility index (Phi) is 8.33. The number of benzene rings is 1. The van der Waals surface area contributed by atoms with Crippen molar-refractivity contribution in [2.45, 2.75) is 77.2 Å². The number of aliphatic hydroxyl groups excluding tert-OH is 1. The molecule has 0 saturated heterocycles. The van der Waals surface area contributed by atoms with Gasteiger partial charge in [-0.05, 0) is 44.9 Å². The summed E-state index contributed by atoms with van der Waals surface area (Å²) in [6.07, 6.45) is 6.70. The minimum atomic E-state index is -1.06. The van der Waals surface area contributed by atoms with Gasteiger partial charge in [-0.25, -0.2) is 0 Å². The van der Waals surface area contributed by atoms with E-state index in [1.165, 1.54) is 19.3 Å². The fourth-order valence-corrected chi connectivity index (χ4v) is 4.39. The van der Waals surface area contributed by atoms with Crippen LogP contribution < -0.4 is 11.1 Å². The van der Waals surface area contributed by atoms with Crippen LogP contribution in [-0.2, 0) is 6.54 Å². The smallest absolute Gasteiger partial charge is 0.254 e. The maximum atomic E-state index is 12.9. The molecule has 1 aromatic heterocycles. The van der Waals surface area contributed by atoms with Crippen molar-refractivity contribution in [3.8, 4) is 11.3 Å². The standard InChI is InChI=1S/C24H35ClN4O3/c1-16-12-21(28-29(16)15-24(2,32)14-26)18-10-11-20(25)19(13-18)23(31)27-22(30)17-8-6-4-3-5-7-9-17/h10-13,17,22,30,32H,3-9,14-15,26H2,1-2H3,(H,27,31). The van der Waals surface area contributed by atoms with Crippen molar-refractivity contribution in [3.05, 3.63) is 40.5 Å². The number of halogens is 1. The van der Waals surface area contributed by atoms with E-state index in [0.29, 0.717) is 16.3 Å². The Morgan fingerprint density at radius 1 is 1.28 bits per heavy atom. The molecule has 176 valence electrons. The molecule has 1 amide bonds. The number of hydrogen-bond acceptors (Lipinski definition) is 5. The maximum absolute atomic E-state index is 12.9. The van der Waals surface area contributed by atoms with Gasteiger partial charge in [-0.1, -0.05) is 49.8 Å².